The first-order chi connectivity index (χ1) is 9.27. The van der Waals surface area contributed by atoms with Crippen LogP contribution in [0.4, 0.5) is 0 Å². The molecule has 4 aliphatic rings. The highest BCUT2D eigenvalue weighted by Gasteiger charge is 2.53. The molecule has 4 nitrogen and oxygen atoms in total. The smallest absolute Gasteiger partial charge is 0.227 e. The van der Waals surface area contributed by atoms with Crippen molar-refractivity contribution in [1.82, 2.24) is 15.5 Å². The summed E-state index contributed by atoms with van der Waals surface area (Å²) in [5, 5.41) is 7.48. The van der Waals surface area contributed by atoms with Gasteiger partial charge < -0.3 is 9.84 Å². The summed E-state index contributed by atoms with van der Waals surface area (Å²) in [6.45, 7) is 0.905. The van der Waals surface area contributed by atoms with Crippen LogP contribution in [0, 0.1) is 17.8 Å². The summed E-state index contributed by atoms with van der Waals surface area (Å²) in [7, 11) is 1.95. The van der Waals surface area contributed by atoms with Gasteiger partial charge >= 0.3 is 0 Å². The van der Waals surface area contributed by atoms with Gasteiger partial charge in [-0.15, -0.1) is 0 Å². The van der Waals surface area contributed by atoms with E-state index in [0.717, 1.165) is 42.4 Å². The highest BCUT2D eigenvalue weighted by atomic mass is 16.5. The zero-order valence-electron chi connectivity index (χ0n) is 11.7. The SMILES string of the molecule is CNCCc1nc(C23CC4CC(CC(C4)C2)C3)no1. The average Bonchev–Trinajstić information content (AvgIpc) is 2.84. The molecule has 5 rings (SSSR count). The summed E-state index contributed by atoms with van der Waals surface area (Å²) in [5.41, 5.74) is 0.274. The molecule has 1 aromatic rings. The Bertz CT molecular complexity index is 432. The van der Waals surface area contributed by atoms with Gasteiger partial charge in [-0.3, -0.25) is 0 Å². The van der Waals surface area contributed by atoms with Crippen LogP contribution in [-0.2, 0) is 11.8 Å². The lowest BCUT2D eigenvalue weighted by molar-refractivity contribution is -0.0103. The largest absolute Gasteiger partial charge is 0.339 e. The topological polar surface area (TPSA) is 51.0 Å². The van der Waals surface area contributed by atoms with Crippen LogP contribution in [0.2, 0.25) is 0 Å². The first kappa shape index (κ1) is 11.9. The molecule has 4 heteroatoms. The van der Waals surface area contributed by atoms with E-state index in [1.54, 1.807) is 0 Å². The Morgan fingerprint density at radius 1 is 1.16 bits per heavy atom. The van der Waals surface area contributed by atoms with E-state index in [0.29, 0.717) is 0 Å². The number of nitrogens with zero attached hydrogens (tertiary/aromatic N) is 2. The summed E-state index contributed by atoms with van der Waals surface area (Å²) in [4.78, 5) is 4.72. The number of likely N-dealkylation sites (N-methyl/N-ethyl adjacent to an activating group) is 1. The molecule has 0 atom stereocenters. The van der Waals surface area contributed by atoms with Crippen molar-refractivity contribution in [2.24, 2.45) is 17.8 Å². The first-order valence-corrected chi connectivity index (χ1v) is 7.75. The van der Waals surface area contributed by atoms with Crippen molar-refractivity contribution >= 4 is 0 Å². The van der Waals surface area contributed by atoms with Crippen molar-refractivity contribution in [2.45, 2.75) is 50.4 Å². The van der Waals surface area contributed by atoms with E-state index in [2.05, 4.69) is 10.5 Å². The van der Waals surface area contributed by atoms with Crippen LogP contribution in [-0.4, -0.2) is 23.7 Å². The Morgan fingerprint density at radius 3 is 2.37 bits per heavy atom. The lowest BCUT2D eigenvalue weighted by Gasteiger charge is -2.55. The number of nitrogens with one attached hydrogen (secondary N) is 1. The molecule has 4 bridgehead atoms. The molecule has 4 fully saturated rings. The predicted octanol–water partition coefficient (Wildman–Crippen LogP) is 2.30. The molecule has 0 amide bonds. The van der Waals surface area contributed by atoms with E-state index in [1.807, 2.05) is 7.05 Å². The van der Waals surface area contributed by atoms with Crippen LogP contribution in [0.25, 0.3) is 0 Å². The zero-order valence-corrected chi connectivity index (χ0v) is 11.7. The molecular weight excluding hydrogens is 238 g/mol. The number of rotatable bonds is 4. The third kappa shape index (κ3) is 1.92. The van der Waals surface area contributed by atoms with Crippen molar-refractivity contribution in [3.8, 4) is 0 Å². The van der Waals surface area contributed by atoms with Crippen LogP contribution in [0.1, 0.15) is 50.2 Å². The second-order valence-corrected chi connectivity index (χ2v) is 7.06. The Hall–Kier alpha value is -0.900. The van der Waals surface area contributed by atoms with Gasteiger partial charge in [-0.1, -0.05) is 5.16 Å². The van der Waals surface area contributed by atoms with Gasteiger partial charge in [0.1, 0.15) is 0 Å². The average molecular weight is 261 g/mol. The maximum atomic E-state index is 5.46. The molecule has 0 radical (unpaired) electrons. The van der Waals surface area contributed by atoms with E-state index in [1.165, 1.54) is 38.5 Å². The second kappa shape index (κ2) is 4.30. The van der Waals surface area contributed by atoms with Crippen molar-refractivity contribution in [1.29, 1.82) is 0 Å². The third-order valence-corrected chi connectivity index (χ3v) is 5.57. The normalized spacial score (nSPS) is 39.9. The van der Waals surface area contributed by atoms with Crippen molar-refractivity contribution < 1.29 is 4.52 Å². The molecule has 0 saturated heterocycles. The molecular formula is C15H23N3O. The van der Waals surface area contributed by atoms with Gasteiger partial charge in [0.05, 0.1) is 0 Å². The summed E-state index contributed by atoms with van der Waals surface area (Å²) in [6.07, 6.45) is 9.16. The Labute approximate surface area is 114 Å². The molecule has 0 aliphatic heterocycles. The van der Waals surface area contributed by atoms with Gasteiger partial charge in [-0.25, -0.2) is 0 Å². The lowest BCUT2D eigenvalue weighted by Crippen LogP contribution is -2.49. The van der Waals surface area contributed by atoms with Gasteiger partial charge in [-0.2, -0.15) is 4.98 Å². The van der Waals surface area contributed by atoms with Crippen LogP contribution in [0.5, 0.6) is 0 Å². The third-order valence-electron chi connectivity index (χ3n) is 5.57. The van der Waals surface area contributed by atoms with Gasteiger partial charge in [0, 0.05) is 18.4 Å². The van der Waals surface area contributed by atoms with Crippen LogP contribution < -0.4 is 5.32 Å². The molecule has 19 heavy (non-hydrogen) atoms. The fraction of sp³-hybridized carbons (Fsp3) is 0.867. The molecule has 1 N–H and O–H groups in total. The summed E-state index contributed by atoms with van der Waals surface area (Å²) in [6, 6.07) is 0. The lowest BCUT2D eigenvalue weighted by atomic mass is 9.49. The second-order valence-electron chi connectivity index (χ2n) is 7.06. The Kier molecular flexibility index (Phi) is 2.69. The van der Waals surface area contributed by atoms with Gasteiger partial charge in [0.25, 0.3) is 0 Å². The van der Waals surface area contributed by atoms with Crippen molar-refractivity contribution in [3.05, 3.63) is 11.7 Å². The summed E-state index contributed by atoms with van der Waals surface area (Å²) in [5.74, 6) is 4.64. The minimum absolute atomic E-state index is 0.274. The van der Waals surface area contributed by atoms with Crippen molar-refractivity contribution in [2.75, 3.05) is 13.6 Å². The maximum Gasteiger partial charge on any atom is 0.227 e. The van der Waals surface area contributed by atoms with Crippen LogP contribution in [0.15, 0.2) is 4.52 Å². The zero-order chi connectivity index (χ0) is 12.9. The summed E-state index contributed by atoms with van der Waals surface area (Å²) >= 11 is 0. The van der Waals surface area contributed by atoms with Gasteiger partial charge in [0.2, 0.25) is 5.89 Å². The number of aromatic nitrogens is 2. The summed E-state index contributed by atoms with van der Waals surface area (Å²) < 4.78 is 5.46. The Morgan fingerprint density at radius 2 is 1.79 bits per heavy atom. The minimum Gasteiger partial charge on any atom is -0.339 e. The maximum absolute atomic E-state index is 5.46. The molecule has 1 aromatic heterocycles. The van der Waals surface area contributed by atoms with Gasteiger partial charge in [-0.05, 0) is 63.3 Å². The first-order valence-electron chi connectivity index (χ1n) is 7.75. The van der Waals surface area contributed by atoms with E-state index in [9.17, 15) is 0 Å². The molecule has 104 valence electrons. The highest BCUT2D eigenvalue weighted by Crippen LogP contribution is 2.60. The monoisotopic (exact) mass is 261 g/mol. The van der Waals surface area contributed by atoms with E-state index in [4.69, 9.17) is 9.51 Å². The van der Waals surface area contributed by atoms with Crippen LogP contribution >= 0.6 is 0 Å². The Balaban J connectivity index is 1.59. The standard InChI is InChI=1S/C15H23N3O/c1-16-3-2-13-17-14(18-19-13)15-7-10-4-11(8-15)6-12(5-10)9-15/h10-12,16H,2-9H2,1H3. The van der Waals surface area contributed by atoms with Gasteiger partial charge in [0.15, 0.2) is 5.82 Å². The molecule has 4 saturated carbocycles. The van der Waals surface area contributed by atoms with E-state index >= 15 is 0 Å². The number of hydrogen-bond acceptors (Lipinski definition) is 4. The fourth-order valence-electron chi connectivity index (χ4n) is 5.19. The molecule has 0 spiro atoms. The van der Waals surface area contributed by atoms with Crippen LogP contribution in [0.3, 0.4) is 0 Å². The van der Waals surface area contributed by atoms with E-state index in [-0.39, 0.29) is 5.41 Å². The molecule has 0 aromatic carbocycles. The predicted molar refractivity (Wildman–Crippen MR) is 71.8 cm³/mol. The minimum atomic E-state index is 0.274. The number of hydrogen-bond donors (Lipinski definition) is 1. The molecule has 0 unspecified atom stereocenters. The molecule has 1 heterocycles. The quantitative estimate of drug-likeness (QED) is 0.903. The van der Waals surface area contributed by atoms with E-state index < -0.39 is 0 Å². The highest BCUT2D eigenvalue weighted by molar-refractivity contribution is 5.16. The molecule has 4 aliphatic carbocycles. The fourth-order valence-corrected chi connectivity index (χ4v) is 5.19. The van der Waals surface area contributed by atoms with Crippen molar-refractivity contribution in [3.63, 3.8) is 0 Å².